The van der Waals surface area contributed by atoms with E-state index in [1.54, 1.807) is 19.1 Å². The Labute approximate surface area is 125 Å². The summed E-state index contributed by atoms with van der Waals surface area (Å²) in [6.07, 6.45) is 0.461. The fraction of sp³-hybridized carbons (Fsp3) is 0.500. The van der Waals surface area contributed by atoms with Gasteiger partial charge < -0.3 is 15.5 Å². The van der Waals surface area contributed by atoms with Gasteiger partial charge in [-0.1, -0.05) is 32.9 Å². The molecule has 0 fully saturated rings. The van der Waals surface area contributed by atoms with Crippen molar-refractivity contribution in [3.63, 3.8) is 0 Å². The highest BCUT2D eigenvalue weighted by Gasteiger charge is 2.25. The third-order valence-corrected chi connectivity index (χ3v) is 3.20. The van der Waals surface area contributed by atoms with Crippen LogP contribution < -0.4 is 5.32 Å². The van der Waals surface area contributed by atoms with Crippen LogP contribution in [0.4, 0.5) is 0 Å². The van der Waals surface area contributed by atoms with Gasteiger partial charge in [-0.15, -0.1) is 0 Å². The van der Waals surface area contributed by atoms with Gasteiger partial charge in [-0.2, -0.15) is 0 Å². The SMILES string of the molecule is Cc1cccc(C(=O)NCC(CC(C)(C)C)C(=O)O)c1O. The van der Waals surface area contributed by atoms with E-state index in [1.807, 2.05) is 20.8 Å². The lowest BCUT2D eigenvalue weighted by Gasteiger charge is -2.23. The molecule has 0 heterocycles. The number of carboxylic acids is 1. The number of aliphatic carboxylic acids is 1. The molecule has 1 amide bonds. The molecule has 1 unspecified atom stereocenters. The molecule has 116 valence electrons. The Bertz CT molecular complexity index is 532. The van der Waals surface area contributed by atoms with E-state index >= 15 is 0 Å². The van der Waals surface area contributed by atoms with Gasteiger partial charge in [0.15, 0.2) is 0 Å². The summed E-state index contributed by atoms with van der Waals surface area (Å²) in [7, 11) is 0. The second-order valence-corrected chi connectivity index (χ2v) is 6.48. The molecule has 0 saturated carbocycles. The average molecular weight is 293 g/mol. The molecule has 21 heavy (non-hydrogen) atoms. The highest BCUT2D eigenvalue weighted by atomic mass is 16.4. The molecule has 0 aromatic heterocycles. The van der Waals surface area contributed by atoms with E-state index < -0.39 is 17.8 Å². The van der Waals surface area contributed by atoms with E-state index in [4.69, 9.17) is 0 Å². The van der Waals surface area contributed by atoms with Gasteiger partial charge >= 0.3 is 5.97 Å². The number of para-hydroxylation sites is 1. The number of phenols is 1. The van der Waals surface area contributed by atoms with Crippen LogP contribution in [0.3, 0.4) is 0 Å². The molecule has 0 aliphatic rings. The highest BCUT2D eigenvalue weighted by molar-refractivity contribution is 5.97. The quantitative estimate of drug-likeness (QED) is 0.778. The maximum Gasteiger partial charge on any atom is 0.308 e. The highest BCUT2D eigenvalue weighted by Crippen LogP contribution is 2.25. The number of hydrogen-bond donors (Lipinski definition) is 3. The molecule has 0 aliphatic heterocycles. The maximum absolute atomic E-state index is 12.0. The van der Waals surface area contributed by atoms with Gasteiger partial charge in [0.2, 0.25) is 0 Å². The fourth-order valence-corrected chi connectivity index (χ4v) is 2.14. The van der Waals surface area contributed by atoms with Crippen molar-refractivity contribution in [3.8, 4) is 5.75 Å². The van der Waals surface area contributed by atoms with Crippen LogP contribution in [-0.2, 0) is 4.79 Å². The van der Waals surface area contributed by atoms with Gasteiger partial charge in [0.1, 0.15) is 5.75 Å². The van der Waals surface area contributed by atoms with E-state index in [-0.39, 0.29) is 23.3 Å². The lowest BCUT2D eigenvalue weighted by molar-refractivity contribution is -0.142. The van der Waals surface area contributed by atoms with Gasteiger partial charge in [-0.25, -0.2) is 0 Å². The van der Waals surface area contributed by atoms with Gasteiger partial charge in [-0.05, 0) is 30.4 Å². The topological polar surface area (TPSA) is 86.6 Å². The molecular weight excluding hydrogens is 270 g/mol. The summed E-state index contributed by atoms with van der Waals surface area (Å²) < 4.78 is 0. The second kappa shape index (κ2) is 6.61. The molecule has 0 bridgehead atoms. The number of carbonyl (C=O) groups excluding carboxylic acids is 1. The second-order valence-electron chi connectivity index (χ2n) is 6.48. The van der Waals surface area contributed by atoms with Crippen molar-refractivity contribution in [2.45, 2.75) is 34.1 Å². The Morgan fingerprint density at radius 3 is 2.43 bits per heavy atom. The number of carbonyl (C=O) groups is 2. The number of benzene rings is 1. The molecule has 1 aromatic carbocycles. The maximum atomic E-state index is 12.0. The number of amides is 1. The number of carboxylic acid groups (broad SMARTS) is 1. The molecule has 0 spiro atoms. The van der Waals surface area contributed by atoms with Gasteiger partial charge in [-0.3, -0.25) is 9.59 Å². The van der Waals surface area contributed by atoms with Crippen molar-refractivity contribution in [1.29, 1.82) is 0 Å². The van der Waals surface area contributed by atoms with Crippen LogP contribution in [0.5, 0.6) is 5.75 Å². The molecular formula is C16H23NO4. The smallest absolute Gasteiger partial charge is 0.308 e. The van der Waals surface area contributed by atoms with E-state index in [2.05, 4.69) is 5.32 Å². The number of phenolic OH excluding ortho intramolecular Hbond substituents is 1. The lowest BCUT2D eigenvalue weighted by atomic mass is 9.84. The average Bonchev–Trinajstić information content (AvgIpc) is 2.35. The van der Waals surface area contributed by atoms with E-state index in [9.17, 15) is 19.8 Å². The largest absolute Gasteiger partial charge is 0.507 e. The standard InChI is InChI=1S/C16H23NO4/c1-10-6-5-7-12(13(10)18)14(19)17-9-11(15(20)21)8-16(2,3)4/h5-7,11,18H,8-9H2,1-4H3,(H,17,19)(H,20,21). The predicted molar refractivity (Wildman–Crippen MR) is 80.4 cm³/mol. The monoisotopic (exact) mass is 293 g/mol. The summed E-state index contributed by atoms with van der Waals surface area (Å²) >= 11 is 0. The Morgan fingerprint density at radius 2 is 1.90 bits per heavy atom. The Balaban J connectivity index is 2.74. The Kier molecular flexibility index (Phi) is 5.35. The number of nitrogens with one attached hydrogen (secondary N) is 1. The van der Waals surface area contributed by atoms with Crippen LogP contribution >= 0.6 is 0 Å². The summed E-state index contributed by atoms with van der Waals surface area (Å²) in [5.41, 5.74) is 0.626. The van der Waals surface area contributed by atoms with Crippen molar-refractivity contribution >= 4 is 11.9 Å². The van der Waals surface area contributed by atoms with Gasteiger partial charge in [0.05, 0.1) is 11.5 Å². The molecule has 0 saturated heterocycles. The third kappa shape index (κ3) is 5.10. The summed E-state index contributed by atoms with van der Waals surface area (Å²) in [5.74, 6) is -2.12. The van der Waals surface area contributed by atoms with E-state index in [0.29, 0.717) is 12.0 Å². The minimum atomic E-state index is -0.932. The van der Waals surface area contributed by atoms with Crippen LogP contribution in [0.25, 0.3) is 0 Å². The number of hydrogen-bond acceptors (Lipinski definition) is 3. The zero-order chi connectivity index (χ0) is 16.2. The van der Waals surface area contributed by atoms with Crippen molar-refractivity contribution in [3.05, 3.63) is 29.3 Å². The minimum Gasteiger partial charge on any atom is -0.507 e. The molecule has 5 nitrogen and oxygen atoms in total. The van der Waals surface area contributed by atoms with Crippen LogP contribution in [0.15, 0.2) is 18.2 Å². The molecule has 1 rings (SSSR count). The van der Waals surface area contributed by atoms with Crippen molar-refractivity contribution in [2.75, 3.05) is 6.54 Å². The first-order chi connectivity index (χ1) is 9.61. The Hall–Kier alpha value is -2.04. The number of rotatable bonds is 5. The minimum absolute atomic E-state index is 0.0405. The van der Waals surface area contributed by atoms with Crippen LogP contribution in [0, 0.1) is 18.3 Å². The molecule has 0 aliphatic carbocycles. The summed E-state index contributed by atoms with van der Waals surface area (Å²) in [4.78, 5) is 23.3. The first-order valence-corrected chi connectivity index (χ1v) is 6.91. The summed E-state index contributed by atoms with van der Waals surface area (Å²) in [6.45, 7) is 7.61. The zero-order valence-electron chi connectivity index (χ0n) is 12.9. The van der Waals surface area contributed by atoms with Crippen molar-refractivity contribution < 1.29 is 19.8 Å². The first-order valence-electron chi connectivity index (χ1n) is 6.91. The van der Waals surface area contributed by atoms with E-state index in [0.717, 1.165) is 0 Å². The van der Waals surface area contributed by atoms with Crippen molar-refractivity contribution in [2.24, 2.45) is 11.3 Å². The van der Waals surface area contributed by atoms with Crippen LogP contribution in [0.1, 0.15) is 43.1 Å². The van der Waals surface area contributed by atoms with Gasteiger partial charge in [0, 0.05) is 6.54 Å². The van der Waals surface area contributed by atoms with Crippen molar-refractivity contribution in [1.82, 2.24) is 5.32 Å². The fourth-order valence-electron chi connectivity index (χ4n) is 2.14. The number of aromatic hydroxyl groups is 1. The predicted octanol–water partition coefficient (Wildman–Crippen LogP) is 2.57. The van der Waals surface area contributed by atoms with E-state index in [1.165, 1.54) is 6.07 Å². The summed E-state index contributed by atoms with van der Waals surface area (Å²) in [6, 6.07) is 4.89. The molecule has 1 aromatic rings. The van der Waals surface area contributed by atoms with Gasteiger partial charge in [0.25, 0.3) is 5.91 Å². The first kappa shape index (κ1) is 17.0. The zero-order valence-corrected chi connectivity index (χ0v) is 12.9. The normalized spacial score (nSPS) is 12.8. The molecule has 3 N–H and O–H groups in total. The summed E-state index contributed by atoms with van der Waals surface area (Å²) in [5, 5.41) is 21.7. The van der Waals surface area contributed by atoms with Crippen LogP contribution in [0.2, 0.25) is 0 Å². The third-order valence-electron chi connectivity index (χ3n) is 3.20. The molecule has 0 radical (unpaired) electrons. The number of aryl methyl sites for hydroxylation is 1. The Morgan fingerprint density at radius 1 is 1.29 bits per heavy atom. The molecule has 1 atom stereocenters. The molecule has 5 heteroatoms. The van der Waals surface area contributed by atoms with Crippen LogP contribution in [-0.4, -0.2) is 28.6 Å². The lowest BCUT2D eigenvalue weighted by Crippen LogP contribution is -2.35.